The first-order chi connectivity index (χ1) is 26.9. The van der Waals surface area contributed by atoms with Crippen LogP contribution in [0.4, 0.5) is 0 Å². The van der Waals surface area contributed by atoms with Crippen molar-refractivity contribution in [2.45, 2.75) is 124 Å². The number of ether oxygens (including phenoxy) is 4. The van der Waals surface area contributed by atoms with E-state index in [1.165, 1.54) is 44.1 Å². The molecular weight excluding hydrogens is 697 g/mol. The Bertz CT molecular complexity index is 1210. The molecule has 0 aliphatic carbocycles. The Morgan fingerprint density at radius 2 is 0.482 bits per heavy atom. The lowest BCUT2D eigenvalue weighted by atomic mass is 10.2. The average molecular weight is 777 g/mol. The van der Waals surface area contributed by atoms with Crippen LogP contribution < -0.4 is 18.9 Å². The van der Waals surface area contributed by atoms with Gasteiger partial charge in [0.05, 0.1) is 0 Å². The molecular formula is C48H80N4O4. The van der Waals surface area contributed by atoms with Crippen LogP contribution in [0.3, 0.4) is 0 Å². The van der Waals surface area contributed by atoms with Gasteiger partial charge in [0.2, 0.25) is 13.6 Å². The molecule has 8 heteroatoms. The van der Waals surface area contributed by atoms with Gasteiger partial charge in [-0.1, -0.05) is 172 Å². The van der Waals surface area contributed by atoms with E-state index in [0.29, 0.717) is 45.3 Å². The third kappa shape index (κ3) is 32.2. The molecule has 0 unspecified atom stereocenters. The Morgan fingerprint density at radius 1 is 0.339 bits per heavy atom. The lowest BCUT2D eigenvalue weighted by Gasteiger charge is -2.11. The van der Waals surface area contributed by atoms with E-state index in [9.17, 15) is 0 Å². The Kier molecular flexibility index (Phi) is 58.1. The summed E-state index contributed by atoms with van der Waals surface area (Å²) in [5.41, 5.74) is 2.80. The highest BCUT2D eigenvalue weighted by atomic mass is 16.7. The van der Waals surface area contributed by atoms with Crippen LogP contribution in [0.1, 0.15) is 146 Å². The lowest BCUT2D eigenvalue weighted by Crippen LogP contribution is -2.08. The van der Waals surface area contributed by atoms with Gasteiger partial charge in [-0.15, -0.1) is 0 Å². The molecule has 56 heavy (non-hydrogen) atoms. The second-order valence-corrected chi connectivity index (χ2v) is 9.66. The Hall–Kier alpha value is -5.24. The highest BCUT2D eigenvalue weighted by molar-refractivity contribution is 5.82. The van der Waals surface area contributed by atoms with Crippen LogP contribution in [0.5, 0.6) is 23.0 Å². The molecule has 0 aromatic heterocycles. The van der Waals surface area contributed by atoms with Crippen LogP contribution in [0.25, 0.3) is 0 Å². The maximum absolute atomic E-state index is 7.27. The molecule has 0 atom stereocenters. The minimum Gasteiger partial charge on any atom is -0.457 e. The summed E-state index contributed by atoms with van der Waals surface area (Å²) in [6, 6.07) is 29.1. The fourth-order valence-electron chi connectivity index (χ4n) is 3.24. The van der Waals surface area contributed by atoms with E-state index in [1.807, 2.05) is 104 Å². The van der Waals surface area contributed by atoms with Gasteiger partial charge in [-0.3, -0.25) is 0 Å². The molecule has 0 heterocycles. The number of benzene rings is 4. The molecule has 316 valence electrons. The van der Waals surface area contributed by atoms with E-state index in [2.05, 4.69) is 41.5 Å². The molecule has 4 aromatic carbocycles. The van der Waals surface area contributed by atoms with Gasteiger partial charge in [0.1, 0.15) is 23.0 Å². The van der Waals surface area contributed by atoms with Gasteiger partial charge in [0, 0.05) is 47.1 Å². The molecule has 0 radical (unpaired) electrons. The SMILES string of the molecule is C.CC.CC.CC.CC.CCC.CCC.CCC.N=Cc1ccccc1OCOc1ccccc1C=N.N=Cc1ccccc1OCOc1ccccc1C=N. The average Bonchev–Trinajstić information content (AvgIpc) is 3.25. The first-order valence-electron chi connectivity index (χ1n) is 19.8. The highest BCUT2D eigenvalue weighted by Crippen LogP contribution is 2.20. The smallest absolute Gasteiger partial charge is 0.230 e. The van der Waals surface area contributed by atoms with Crippen LogP contribution in [-0.4, -0.2) is 38.4 Å². The van der Waals surface area contributed by atoms with Crippen LogP contribution >= 0.6 is 0 Å². The Morgan fingerprint density at radius 3 is 0.625 bits per heavy atom. The fourth-order valence-corrected chi connectivity index (χ4v) is 3.24. The van der Waals surface area contributed by atoms with Crippen LogP contribution in [0.15, 0.2) is 97.1 Å². The van der Waals surface area contributed by atoms with E-state index < -0.39 is 0 Å². The van der Waals surface area contributed by atoms with Crippen molar-refractivity contribution in [1.82, 2.24) is 0 Å². The topological polar surface area (TPSA) is 132 Å². The molecule has 0 saturated heterocycles. The van der Waals surface area contributed by atoms with E-state index in [1.54, 1.807) is 48.5 Å². The number of hydrogen-bond donors (Lipinski definition) is 4. The largest absolute Gasteiger partial charge is 0.457 e. The fraction of sp³-hybridized carbons (Fsp3) is 0.417. The standard InChI is InChI=1S/2C15H14N2O2.3C3H8.4C2H6.CH4/c2*16-9-12-5-1-3-7-14(12)18-11-19-15-8-4-2-6-13(15)10-17;3*1-3-2;4*1-2;/h2*1-10,16-17H,11H2;3*3H2,1-2H3;4*1-2H3;1H4. The van der Waals surface area contributed by atoms with E-state index >= 15 is 0 Å². The summed E-state index contributed by atoms with van der Waals surface area (Å²) >= 11 is 0. The Labute approximate surface area is 344 Å². The predicted octanol–water partition coefficient (Wildman–Crippen LogP) is 15.2. The van der Waals surface area contributed by atoms with Crippen molar-refractivity contribution in [2.24, 2.45) is 0 Å². The summed E-state index contributed by atoms with van der Waals surface area (Å²) in [6.07, 6.45) is 8.70. The number of para-hydroxylation sites is 4. The third-order valence-electron chi connectivity index (χ3n) is 5.16. The second kappa shape index (κ2) is 51.9. The van der Waals surface area contributed by atoms with Gasteiger partial charge >= 0.3 is 0 Å². The molecule has 0 aliphatic rings. The van der Waals surface area contributed by atoms with Gasteiger partial charge in [0.25, 0.3) is 0 Å². The molecule has 0 aliphatic heterocycles. The maximum Gasteiger partial charge on any atom is 0.230 e. The first-order valence-corrected chi connectivity index (χ1v) is 19.8. The van der Waals surface area contributed by atoms with Gasteiger partial charge in [-0.2, -0.15) is 0 Å². The van der Waals surface area contributed by atoms with E-state index in [-0.39, 0.29) is 21.0 Å². The number of hydrogen-bond acceptors (Lipinski definition) is 8. The second-order valence-electron chi connectivity index (χ2n) is 9.66. The molecule has 0 spiro atoms. The maximum atomic E-state index is 7.27. The molecule has 8 nitrogen and oxygen atoms in total. The van der Waals surface area contributed by atoms with Gasteiger partial charge in [-0.25, -0.2) is 0 Å². The van der Waals surface area contributed by atoms with Gasteiger partial charge in [-0.05, 0) is 48.5 Å². The van der Waals surface area contributed by atoms with Gasteiger partial charge < -0.3 is 40.6 Å². The quantitative estimate of drug-likeness (QED) is 0.0842. The van der Waals surface area contributed by atoms with Crippen molar-refractivity contribution in [3.05, 3.63) is 119 Å². The van der Waals surface area contributed by atoms with E-state index in [4.69, 9.17) is 40.6 Å². The summed E-state index contributed by atoms with van der Waals surface area (Å²) in [6.45, 7) is 28.8. The summed E-state index contributed by atoms with van der Waals surface area (Å²) in [7, 11) is 0. The minimum absolute atomic E-state index is 0. The zero-order valence-electron chi connectivity index (χ0n) is 36.7. The lowest BCUT2D eigenvalue weighted by molar-refractivity contribution is 0.119. The molecule has 0 fully saturated rings. The molecule has 0 amide bonds. The normalized spacial score (nSPS) is 7.96. The van der Waals surface area contributed by atoms with Crippen molar-refractivity contribution >= 4 is 24.9 Å². The van der Waals surface area contributed by atoms with Crippen molar-refractivity contribution in [3.63, 3.8) is 0 Å². The summed E-state index contributed by atoms with van der Waals surface area (Å²) in [4.78, 5) is 0. The van der Waals surface area contributed by atoms with Crippen molar-refractivity contribution in [1.29, 1.82) is 21.6 Å². The molecule has 4 rings (SSSR count). The zero-order chi connectivity index (χ0) is 43.1. The molecule has 0 bridgehead atoms. The Balaban J connectivity index is -0.000000159. The third-order valence-corrected chi connectivity index (χ3v) is 5.16. The van der Waals surface area contributed by atoms with Crippen molar-refractivity contribution < 1.29 is 18.9 Å². The predicted molar refractivity (Wildman–Crippen MR) is 250 cm³/mol. The van der Waals surface area contributed by atoms with Crippen molar-refractivity contribution in [3.8, 4) is 23.0 Å². The zero-order valence-corrected chi connectivity index (χ0v) is 36.7. The van der Waals surface area contributed by atoms with Crippen LogP contribution in [-0.2, 0) is 0 Å². The van der Waals surface area contributed by atoms with Crippen molar-refractivity contribution in [2.75, 3.05) is 13.6 Å². The summed E-state index contributed by atoms with van der Waals surface area (Å²) < 4.78 is 21.9. The van der Waals surface area contributed by atoms with E-state index in [0.717, 1.165) is 0 Å². The first kappa shape index (κ1) is 62.7. The number of rotatable bonds is 12. The summed E-state index contributed by atoms with van der Waals surface area (Å²) in [5, 5.41) is 29.1. The molecule has 4 N–H and O–H groups in total. The van der Waals surface area contributed by atoms with Crippen LogP contribution in [0, 0.1) is 21.6 Å². The molecule has 0 saturated carbocycles. The van der Waals surface area contributed by atoms with Gasteiger partial charge in [0.15, 0.2) is 0 Å². The highest BCUT2D eigenvalue weighted by Gasteiger charge is 2.04. The summed E-state index contributed by atoms with van der Waals surface area (Å²) in [5.74, 6) is 2.41. The monoisotopic (exact) mass is 777 g/mol. The minimum atomic E-state index is 0. The van der Waals surface area contributed by atoms with Crippen LogP contribution in [0.2, 0.25) is 0 Å². The number of nitrogens with one attached hydrogen (secondary N) is 4. The molecule has 4 aromatic rings.